The van der Waals surface area contributed by atoms with Crippen LogP contribution in [0.3, 0.4) is 0 Å². The van der Waals surface area contributed by atoms with Crippen LogP contribution in [0.1, 0.15) is 51.7 Å². The standard InChI is InChI=1S/C32H46FN5O3/c1-22(35-5)29(39)36-28(32(2,3)4)31(41)38-18-9-12-26(38)21-37(19-17-23-10-7-6-8-11-23)30(40)27(34)20-24-13-15-25(33)16-14-24/h6-8,10-11,13-16,22,26-28,35H,9,12,17-21,34H2,1-5H3,(H,36,39)/t22-,26-,27+,28+/m0/s1. The number of nitrogens with zero attached hydrogens (tertiary/aromatic N) is 2. The second-order valence-corrected chi connectivity index (χ2v) is 12.1. The van der Waals surface area contributed by atoms with Crippen LogP contribution in [-0.2, 0) is 27.2 Å². The molecule has 0 radical (unpaired) electrons. The van der Waals surface area contributed by atoms with E-state index in [2.05, 4.69) is 10.6 Å². The summed E-state index contributed by atoms with van der Waals surface area (Å²) < 4.78 is 13.4. The molecular formula is C32H46FN5O3. The molecule has 4 N–H and O–H groups in total. The first-order valence-electron chi connectivity index (χ1n) is 14.5. The number of carbonyl (C=O) groups excluding carboxylic acids is 3. The monoisotopic (exact) mass is 567 g/mol. The van der Waals surface area contributed by atoms with Crippen molar-refractivity contribution in [1.29, 1.82) is 0 Å². The molecule has 1 fully saturated rings. The number of benzene rings is 2. The molecule has 224 valence electrons. The molecule has 0 spiro atoms. The Balaban J connectivity index is 1.79. The van der Waals surface area contributed by atoms with Gasteiger partial charge in [-0.2, -0.15) is 0 Å². The number of hydrogen-bond acceptors (Lipinski definition) is 5. The minimum absolute atomic E-state index is 0.136. The van der Waals surface area contributed by atoms with Gasteiger partial charge in [0.25, 0.3) is 0 Å². The minimum Gasteiger partial charge on any atom is -0.342 e. The minimum atomic E-state index is -0.800. The van der Waals surface area contributed by atoms with Crippen LogP contribution in [0.25, 0.3) is 0 Å². The zero-order chi connectivity index (χ0) is 30.2. The number of amides is 3. The quantitative estimate of drug-likeness (QED) is 0.366. The van der Waals surface area contributed by atoms with Gasteiger partial charge in [-0.25, -0.2) is 4.39 Å². The van der Waals surface area contributed by atoms with Crippen LogP contribution < -0.4 is 16.4 Å². The van der Waals surface area contributed by atoms with Gasteiger partial charge in [0, 0.05) is 25.7 Å². The van der Waals surface area contributed by atoms with E-state index < -0.39 is 23.5 Å². The van der Waals surface area contributed by atoms with E-state index in [-0.39, 0.29) is 36.0 Å². The molecular weight excluding hydrogens is 521 g/mol. The molecule has 1 heterocycles. The number of hydrogen-bond donors (Lipinski definition) is 3. The normalized spacial score (nSPS) is 17.5. The molecule has 3 rings (SSSR count). The molecule has 0 bridgehead atoms. The Bertz CT molecular complexity index is 1150. The molecule has 0 aliphatic carbocycles. The summed E-state index contributed by atoms with van der Waals surface area (Å²) in [6.45, 7) is 8.95. The van der Waals surface area contributed by atoms with Crippen molar-refractivity contribution in [1.82, 2.24) is 20.4 Å². The lowest BCUT2D eigenvalue weighted by molar-refractivity contribution is -0.142. The number of halogens is 1. The van der Waals surface area contributed by atoms with Gasteiger partial charge in [-0.05, 0) is 68.3 Å². The van der Waals surface area contributed by atoms with E-state index in [9.17, 15) is 18.8 Å². The van der Waals surface area contributed by atoms with Gasteiger partial charge in [-0.1, -0.05) is 63.2 Å². The average Bonchev–Trinajstić information content (AvgIpc) is 3.42. The number of carbonyl (C=O) groups is 3. The summed E-state index contributed by atoms with van der Waals surface area (Å²) in [7, 11) is 1.70. The van der Waals surface area contributed by atoms with Crippen molar-refractivity contribution in [2.75, 3.05) is 26.7 Å². The van der Waals surface area contributed by atoms with E-state index in [1.807, 2.05) is 56.0 Å². The Labute approximate surface area is 243 Å². The van der Waals surface area contributed by atoms with Gasteiger partial charge in [0.2, 0.25) is 17.7 Å². The fourth-order valence-electron chi connectivity index (χ4n) is 5.18. The predicted octanol–water partition coefficient (Wildman–Crippen LogP) is 2.90. The van der Waals surface area contributed by atoms with Crippen LogP contribution in [0.5, 0.6) is 0 Å². The zero-order valence-corrected chi connectivity index (χ0v) is 25.0. The van der Waals surface area contributed by atoms with Crippen molar-refractivity contribution in [3.8, 4) is 0 Å². The second-order valence-electron chi connectivity index (χ2n) is 12.1. The maximum absolute atomic E-state index is 13.9. The molecule has 1 saturated heterocycles. The summed E-state index contributed by atoms with van der Waals surface area (Å²) in [4.78, 5) is 43.9. The Kier molecular flexibility index (Phi) is 11.4. The summed E-state index contributed by atoms with van der Waals surface area (Å²) in [6.07, 6.45) is 2.51. The molecule has 2 aromatic carbocycles. The summed E-state index contributed by atoms with van der Waals surface area (Å²) in [5.41, 5.74) is 7.79. The highest BCUT2D eigenvalue weighted by molar-refractivity contribution is 5.90. The van der Waals surface area contributed by atoms with Crippen LogP contribution in [0.15, 0.2) is 54.6 Å². The highest BCUT2D eigenvalue weighted by Crippen LogP contribution is 2.26. The largest absolute Gasteiger partial charge is 0.342 e. The van der Waals surface area contributed by atoms with Gasteiger partial charge in [-0.3, -0.25) is 14.4 Å². The smallest absolute Gasteiger partial charge is 0.246 e. The summed E-state index contributed by atoms with van der Waals surface area (Å²) in [6, 6.07) is 13.8. The van der Waals surface area contributed by atoms with Crippen LogP contribution in [0.4, 0.5) is 4.39 Å². The Hall–Kier alpha value is -3.30. The predicted molar refractivity (Wildman–Crippen MR) is 159 cm³/mol. The molecule has 3 amide bonds. The Morgan fingerprint density at radius 1 is 1.07 bits per heavy atom. The Morgan fingerprint density at radius 2 is 1.73 bits per heavy atom. The van der Waals surface area contributed by atoms with Crippen molar-refractivity contribution in [2.45, 2.75) is 77.5 Å². The van der Waals surface area contributed by atoms with Crippen LogP contribution in [-0.4, -0.2) is 78.4 Å². The van der Waals surface area contributed by atoms with Gasteiger partial charge in [0.05, 0.1) is 12.1 Å². The fraction of sp³-hybridized carbons (Fsp3) is 0.531. The summed E-state index contributed by atoms with van der Waals surface area (Å²) in [5, 5.41) is 5.88. The lowest BCUT2D eigenvalue weighted by Crippen LogP contribution is -2.59. The molecule has 0 saturated carbocycles. The van der Waals surface area contributed by atoms with Gasteiger partial charge in [-0.15, -0.1) is 0 Å². The molecule has 9 heteroatoms. The van der Waals surface area contributed by atoms with Crippen molar-refractivity contribution >= 4 is 17.7 Å². The number of nitrogens with one attached hydrogen (secondary N) is 2. The van der Waals surface area contributed by atoms with Crippen LogP contribution >= 0.6 is 0 Å². The highest BCUT2D eigenvalue weighted by Gasteiger charge is 2.41. The maximum Gasteiger partial charge on any atom is 0.246 e. The van der Waals surface area contributed by atoms with Crippen molar-refractivity contribution in [3.05, 3.63) is 71.5 Å². The Morgan fingerprint density at radius 3 is 2.34 bits per heavy atom. The number of nitrogens with two attached hydrogens (primary N) is 1. The topological polar surface area (TPSA) is 108 Å². The van der Waals surface area contributed by atoms with E-state index >= 15 is 0 Å². The molecule has 41 heavy (non-hydrogen) atoms. The SMILES string of the molecule is CN[C@@H](C)C(=O)N[C@H](C(=O)N1CCC[C@H]1CN(CCc1ccccc1)C(=O)[C@H](N)Cc1ccc(F)cc1)C(C)(C)C. The first-order chi connectivity index (χ1) is 19.4. The van der Waals surface area contributed by atoms with Gasteiger partial charge >= 0.3 is 0 Å². The van der Waals surface area contributed by atoms with Crippen LogP contribution in [0.2, 0.25) is 0 Å². The molecule has 0 unspecified atom stereocenters. The number of likely N-dealkylation sites (N-methyl/N-ethyl adjacent to an activating group) is 1. The van der Waals surface area contributed by atoms with Gasteiger partial charge in [0.1, 0.15) is 11.9 Å². The maximum atomic E-state index is 13.9. The first kappa shape index (κ1) is 32.2. The van der Waals surface area contributed by atoms with Crippen LogP contribution in [0, 0.1) is 11.2 Å². The molecule has 2 aromatic rings. The van der Waals surface area contributed by atoms with Crippen molar-refractivity contribution in [2.24, 2.45) is 11.1 Å². The van der Waals surface area contributed by atoms with E-state index in [0.717, 1.165) is 24.0 Å². The third-order valence-electron chi connectivity index (χ3n) is 7.83. The van der Waals surface area contributed by atoms with Gasteiger partial charge < -0.3 is 26.2 Å². The zero-order valence-electron chi connectivity index (χ0n) is 25.0. The lowest BCUT2D eigenvalue weighted by atomic mass is 9.85. The number of likely N-dealkylation sites (tertiary alicyclic amines) is 1. The molecule has 1 aliphatic heterocycles. The molecule has 8 nitrogen and oxygen atoms in total. The lowest BCUT2D eigenvalue weighted by Gasteiger charge is -2.38. The van der Waals surface area contributed by atoms with E-state index in [0.29, 0.717) is 26.1 Å². The number of rotatable bonds is 12. The third-order valence-corrected chi connectivity index (χ3v) is 7.83. The van der Waals surface area contributed by atoms with Gasteiger partial charge in [0.15, 0.2) is 0 Å². The van der Waals surface area contributed by atoms with E-state index in [4.69, 9.17) is 5.73 Å². The molecule has 1 aliphatic rings. The first-order valence-corrected chi connectivity index (χ1v) is 14.5. The molecule has 4 atom stereocenters. The van der Waals surface area contributed by atoms with Crippen molar-refractivity contribution in [3.63, 3.8) is 0 Å². The molecule has 0 aromatic heterocycles. The summed E-state index contributed by atoms with van der Waals surface area (Å²) >= 11 is 0. The third kappa shape index (κ3) is 9.10. The van der Waals surface area contributed by atoms with Crippen molar-refractivity contribution < 1.29 is 18.8 Å². The second kappa shape index (κ2) is 14.5. The van der Waals surface area contributed by atoms with E-state index in [1.165, 1.54) is 12.1 Å². The van der Waals surface area contributed by atoms with E-state index in [1.54, 1.807) is 31.0 Å². The highest BCUT2D eigenvalue weighted by atomic mass is 19.1. The fourth-order valence-corrected chi connectivity index (χ4v) is 5.18. The summed E-state index contributed by atoms with van der Waals surface area (Å²) in [5.74, 6) is -0.909. The average molecular weight is 568 g/mol.